The Kier molecular flexibility index (Phi) is 33.1. The van der Waals surface area contributed by atoms with Gasteiger partial charge in [0.1, 0.15) is 146 Å². The molecule has 2 aromatic heterocycles. The monoisotopic (exact) mass is 1610 g/mol. The maximum absolute atomic E-state index is 11.4. The number of hydrogen-bond donors (Lipinski definition) is 26. The van der Waals surface area contributed by atoms with Crippen molar-refractivity contribution in [1.82, 2.24) is 40.6 Å². The highest BCUT2D eigenvalue weighted by molar-refractivity contribution is 5.24. The average Bonchev–Trinajstić information content (AvgIpc) is 1.55. The van der Waals surface area contributed by atoms with Gasteiger partial charge in [0.2, 0.25) is 0 Å². The predicted octanol–water partition coefficient (Wildman–Crippen LogP) is -15.1. The molecule has 45 heteroatoms. The number of aliphatic hydroxyl groups is 24. The summed E-state index contributed by atoms with van der Waals surface area (Å²) in [6, 6.07) is -4.48. The van der Waals surface area contributed by atoms with Gasteiger partial charge in [0.05, 0.1) is 166 Å². The molecule has 0 spiro atoms. The van der Waals surface area contributed by atoms with E-state index in [0.29, 0.717) is 12.2 Å². The van der Waals surface area contributed by atoms with Gasteiger partial charge >= 0.3 is 0 Å². The summed E-state index contributed by atoms with van der Waals surface area (Å²) in [5.41, 5.74) is 0.655. The summed E-state index contributed by atoms with van der Waals surface area (Å²) < 4.78 is 78.4. The smallest absolute Gasteiger partial charge is 0.187 e. The minimum Gasteiger partial charge on any atom is -0.396 e. The van der Waals surface area contributed by atoms with E-state index in [1.165, 1.54) is 41.6 Å². The second-order valence-electron chi connectivity index (χ2n) is 29.1. The van der Waals surface area contributed by atoms with Crippen molar-refractivity contribution in [1.29, 1.82) is 0 Å². The molecule has 38 atom stereocenters. The van der Waals surface area contributed by atoms with Crippen LogP contribution in [0.1, 0.15) is 38.1 Å². The lowest BCUT2D eigenvalue weighted by atomic mass is 9.78. The summed E-state index contributed by atoms with van der Waals surface area (Å²) in [6.45, 7) is 0.251. The van der Waals surface area contributed by atoms with Crippen molar-refractivity contribution in [2.24, 2.45) is 11.8 Å². The normalized spacial score (nSPS) is 43.9. The molecule has 636 valence electrons. The molecule has 111 heavy (non-hydrogen) atoms. The first-order chi connectivity index (χ1) is 53.1. The van der Waals surface area contributed by atoms with Crippen LogP contribution in [0.4, 0.5) is 0 Å². The highest BCUT2D eigenvalue weighted by Crippen LogP contribution is 2.39. The minimum absolute atomic E-state index is 0.00613. The lowest BCUT2D eigenvalue weighted by Crippen LogP contribution is -2.68. The van der Waals surface area contributed by atoms with Gasteiger partial charge in [-0.25, -0.2) is 9.36 Å². The highest BCUT2D eigenvalue weighted by Gasteiger charge is 2.57. The van der Waals surface area contributed by atoms with Crippen molar-refractivity contribution in [3.8, 4) is 0 Å². The van der Waals surface area contributed by atoms with Gasteiger partial charge < -0.3 is 195 Å². The predicted molar refractivity (Wildman–Crippen MR) is 360 cm³/mol. The van der Waals surface area contributed by atoms with Crippen molar-refractivity contribution >= 4 is 0 Å². The van der Waals surface area contributed by atoms with E-state index in [4.69, 9.17) is 61.6 Å². The number of aromatic nitrogens is 6. The van der Waals surface area contributed by atoms with Gasteiger partial charge in [-0.2, -0.15) is 0 Å². The SMILES string of the molecule is C[C@H]1O[C@H](O[C@@H]2[C@@H](CO)C[C@H](O[C@H]3C(O)[C@@H](O)[C@H](OCc4cn(CCOCCOCCOCCn5cc(CO[C@@H]6O[C@H](CO)C(O[C@H]7O[C@H](CO)[C@@H](O[C@H]8O[C@H](C)[C@@H](N[C@H]9C=C(CO)[C@@H](O)[C@H](O)[C@H]9O)[C@H](O)[C@H]8O)[C@H](O)[C@H]7O)[C@H](O)[C@H]6O)nn5)nn4)C[C@@H]3CO)[C@H](O)[C@H]2O)[C@H](O)[C@@H](O)[C@@H]1N[C@H]1C=C(CO)[C@@H](O)[C@H](O)C1O. The van der Waals surface area contributed by atoms with E-state index in [-0.39, 0.29) is 89.1 Å². The molecule has 2 saturated carbocycles. The van der Waals surface area contributed by atoms with Gasteiger partial charge in [-0.1, -0.05) is 22.6 Å². The maximum atomic E-state index is 11.4. The maximum Gasteiger partial charge on any atom is 0.187 e. The Morgan fingerprint density at radius 3 is 1.20 bits per heavy atom. The Morgan fingerprint density at radius 2 is 0.757 bits per heavy atom. The number of ether oxygens (including phenoxy) is 13. The summed E-state index contributed by atoms with van der Waals surface area (Å²) in [5, 5.41) is 280. The van der Waals surface area contributed by atoms with Crippen LogP contribution in [0.3, 0.4) is 0 Å². The molecule has 8 aliphatic rings. The second-order valence-corrected chi connectivity index (χ2v) is 29.1. The van der Waals surface area contributed by atoms with Gasteiger partial charge in [0.25, 0.3) is 0 Å². The molecule has 10 rings (SSSR count). The number of rotatable bonds is 36. The highest BCUT2D eigenvalue weighted by atomic mass is 16.8. The lowest BCUT2D eigenvalue weighted by Gasteiger charge is -2.49. The Bertz CT molecular complexity index is 2970. The zero-order chi connectivity index (χ0) is 80.4. The third-order valence-corrected chi connectivity index (χ3v) is 21.6. The Labute approximate surface area is 634 Å². The van der Waals surface area contributed by atoms with Crippen molar-refractivity contribution in [3.63, 3.8) is 0 Å². The van der Waals surface area contributed by atoms with Gasteiger partial charge in [-0.05, 0) is 37.8 Å². The third-order valence-electron chi connectivity index (χ3n) is 21.6. The molecule has 6 heterocycles. The summed E-state index contributed by atoms with van der Waals surface area (Å²) in [6.07, 6.45) is -45.7. The van der Waals surface area contributed by atoms with Crippen LogP contribution in [-0.4, -0.2) is 452 Å². The van der Waals surface area contributed by atoms with E-state index in [0.717, 1.165) is 0 Å². The van der Waals surface area contributed by atoms with Gasteiger partial charge in [0.15, 0.2) is 25.2 Å². The second kappa shape index (κ2) is 41.1. The van der Waals surface area contributed by atoms with Crippen LogP contribution in [0.15, 0.2) is 35.7 Å². The first kappa shape index (κ1) is 89.5. The molecule has 4 saturated heterocycles. The number of nitrogens with zero attached hydrogens (tertiary/aromatic N) is 6. The first-order valence-electron chi connectivity index (χ1n) is 36.9. The zero-order valence-corrected chi connectivity index (χ0v) is 60.7. The fraction of sp³-hybridized carbons (Fsp3) is 0.879. The van der Waals surface area contributed by atoms with Crippen molar-refractivity contribution in [2.75, 3.05) is 79.3 Å². The molecule has 2 aromatic rings. The van der Waals surface area contributed by atoms with Crippen LogP contribution < -0.4 is 10.6 Å². The van der Waals surface area contributed by atoms with E-state index in [1.54, 1.807) is 6.20 Å². The molecule has 0 radical (unpaired) electrons. The van der Waals surface area contributed by atoms with Crippen molar-refractivity contribution < 1.29 is 184 Å². The van der Waals surface area contributed by atoms with Crippen LogP contribution in [-0.2, 0) is 87.9 Å². The first-order valence-corrected chi connectivity index (χ1v) is 36.9. The fourth-order valence-corrected chi connectivity index (χ4v) is 15.0. The van der Waals surface area contributed by atoms with Gasteiger partial charge in [0, 0.05) is 25.0 Å². The van der Waals surface area contributed by atoms with E-state index in [2.05, 4.69) is 31.3 Å². The molecule has 4 aliphatic carbocycles. The average molecular weight is 1610 g/mol. The number of hydrogen-bond acceptors (Lipinski definition) is 43. The fourth-order valence-electron chi connectivity index (χ4n) is 15.0. The Balaban J connectivity index is 0.570. The molecule has 26 N–H and O–H groups in total. The molecule has 3 unspecified atom stereocenters. The molecular weight excluding hydrogens is 1500 g/mol. The van der Waals surface area contributed by atoms with E-state index in [1.807, 2.05) is 0 Å². The lowest BCUT2D eigenvalue weighted by molar-refractivity contribution is -0.376. The topological polar surface area (TPSA) is 691 Å². The summed E-state index contributed by atoms with van der Waals surface area (Å²) in [5.74, 6) is -1.85. The van der Waals surface area contributed by atoms with Crippen LogP contribution in [0.25, 0.3) is 0 Å². The molecule has 0 aromatic carbocycles. The molecule has 6 fully saturated rings. The molecule has 0 bridgehead atoms. The third kappa shape index (κ3) is 21.0. The standard InChI is InChI=1S/C66H110N8O37/c1-25-39(67-33-11-27(17-75)41(81)49(89)43(33)83)47(87)55(95)64(104-25)109-60-30(20-78)14-36(46(86)52(60)92)106-59-29(19-77)13-35(45(85)51(59)91)102-23-31-15-73(71-69-31)3-5-99-7-9-101-10-8-100-6-4-74-16-32(70-72-74)24-103-63-57(97)53(93)61(37(21-79)107-63)111-66-58(98)54(94)62(38(22-80)108-66)110-65-56(96)48(88)40(26(2)105-65)68-34-12-28(18-76)42(82)50(90)44(34)84/h11-12,15-16,25-26,29-30,33-68,75-98H,3-10,13-14,17-24H2,1-2H3/t25-,26-,29-,30-,33+,34+,35-,36+,37-,38-,39-,40-,41-,42-,43?,44+,45+,46+,47+,48+,49+,50+,51?,52-,53-,54-,55-,56-,57-,58-,59-,60-,61?,62-,63-,64-,65-,66-/m1/s1. The largest absolute Gasteiger partial charge is 0.396 e. The quantitative estimate of drug-likeness (QED) is 0.0222. The van der Waals surface area contributed by atoms with Crippen LogP contribution >= 0.6 is 0 Å². The zero-order valence-electron chi connectivity index (χ0n) is 60.7. The van der Waals surface area contributed by atoms with Crippen LogP contribution in [0.5, 0.6) is 0 Å². The van der Waals surface area contributed by atoms with E-state index < -0.39 is 272 Å². The van der Waals surface area contributed by atoms with Gasteiger partial charge in [-0.3, -0.25) is 0 Å². The molecule has 4 aliphatic heterocycles. The number of aliphatic hydroxyl groups excluding tert-OH is 24. The van der Waals surface area contributed by atoms with Crippen molar-refractivity contribution in [2.45, 2.75) is 273 Å². The molecule has 45 nitrogen and oxygen atoms in total. The number of nitrogens with one attached hydrogen (secondary N) is 2. The summed E-state index contributed by atoms with van der Waals surface area (Å²) >= 11 is 0. The Hall–Kier alpha value is -3.80. The molecule has 0 amide bonds. The van der Waals surface area contributed by atoms with E-state index >= 15 is 0 Å². The summed E-state index contributed by atoms with van der Waals surface area (Å²) in [4.78, 5) is 0. The van der Waals surface area contributed by atoms with Crippen molar-refractivity contribution in [3.05, 3.63) is 47.1 Å². The van der Waals surface area contributed by atoms with Crippen LogP contribution in [0, 0.1) is 11.8 Å². The minimum atomic E-state index is -2.02. The van der Waals surface area contributed by atoms with Gasteiger partial charge in [-0.15, -0.1) is 10.2 Å². The van der Waals surface area contributed by atoms with Crippen LogP contribution in [0.2, 0.25) is 0 Å². The van der Waals surface area contributed by atoms with E-state index in [9.17, 15) is 123 Å². The Morgan fingerprint density at radius 1 is 0.387 bits per heavy atom. The summed E-state index contributed by atoms with van der Waals surface area (Å²) in [7, 11) is 0. The molecular formula is C66H110N8O37.